The highest BCUT2D eigenvalue weighted by Gasteiger charge is 2.13. The summed E-state index contributed by atoms with van der Waals surface area (Å²) in [5.41, 5.74) is 5.19. The Morgan fingerprint density at radius 3 is 2.69 bits per heavy atom. The van der Waals surface area contributed by atoms with Crippen LogP contribution in [0.15, 0.2) is 59.1 Å². The molecule has 4 aromatic rings. The Morgan fingerprint density at radius 2 is 1.91 bits per heavy atom. The fraction of sp³-hybridized carbons (Fsp3) is 0.217. The number of carbonyl (C=O) groups excluding carboxylic acids is 1. The Balaban J connectivity index is 1.30. The number of thioether (sulfide) groups is 1. The smallest absolute Gasteiger partial charge is 0.234 e. The monoisotopic (exact) mass is 464 g/mol. The molecule has 4 rings (SSSR count). The summed E-state index contributed by atoms with van der Waals surface area (Å²) >= 11 is 2.92. The predicted molar refractivity (Wildman–Crippen MR) is 131 cm³/mol. The number of hydrogen-bond donors (Lipinski definition) is 2. The number of carbonyl (C=O) groups is 1. The topological polar surface area (TPSA) is 84.7 Å². The van der Waals surface area contributed by atoms with Crippen molar-refractivity contribution in [2.45, 2.75) is 25.5 Å². The molecule has 32 heavy (non-hydrogen) atoms. The molecule has 2 aromatic heterocycles. The third-order valence-electron chi connectivity index (χ3n) is 5.02. The summed E-state index contributed by atoms with van der Waals surface area (Å²) in [7, 11) is 1.90. The summed E-state index contributed by atoms with van der Waals surface area (Å²) < 4.78 is 1.90. The van der Waals surface area contributed by atoms with Gasteiger partial charge < -0.3 is 15.2 Å². The molecule has 2 N–H and O–H groups in total. The van der Waals surface area contributed by atoms with Crippen LogP contribution in [0.4, 0.5) is 10.8 Å². The van der Waals surface area contributed by atoms with E-state index in [1.807, 2.05) is 79.4 Å². The molecule has 0 spiro atoms. The predicted octanol–water partition coefficient (Wildman–Crippen LogP) is 4.90. The van der Waals surface area contributed by atoms with Crippen LogP contribution in [0.3, 0.4) is 0 Å². The highest BCUT2D eigenvalue weighted by molar-refractivity contribution is 7.99. The normalized spacial score (nSPS) is 10.8. The summed E-state index contributed by atoms with van der Waals surface area (Å²) in [6, 6.07) is 16.0. The van der Waals surface area contributed by atoms with E-state index in [-0.39, 0.29) is 11.7 Å². The number of anilines is 2. The molecule has 7 nitrogen and oxygen atoms in total. The first-order valence-electron chi connectivity index (χ1n) is 10.1. The van der Waals surface area contributed by atoms with E-state index in [2.05, 4.69) is 25.8 Å². The Morgan fingerprint density at radius 1 is 1.09 bits per heavy atom. The quantitative estimate of drug-likeness (QED) is 0.361. The van der Waals surface area contributed by atoms with Crippen LogP contribution in [0.2, 0.25) is 0 Å². The van der Waals surface area contributed by atoms with E-state index in [1.165, 1.54) is 17.3 Å². The number of nitrogens with one attached hydrogen (secondary N) is 2. The van der Waals surface area contributed by atoms with E-state index in [0.717, 1.165) is 33.5 Å². The average molecular weight is 465 g/mol. The highest BCUT2D eigenvalue weighted by Crippen LogP contribution is 2.25. The minimum Gasteiger partial charge on any atom is -0.354 e. The van der Waals surface area contributed by atoms with Gasteiger partial charge in [-0.25, -0.2) is 4.98 Å². The van der Waals surface area contributed by atoms with Crippen LogP contribution in [0.5, 0.6) is 0 Å². The summed E-state index contributed by atoms with van der Waals surface area (Å²) in [6.45, 7) is 4.58. The lowest BCUT2D eigenvalue weighted by Crippen LogP contribution is -2.14. The fourth-order valence-electron chi connectivity index (χ4n) is 3.02. The molecular weight excluding hydrogens is 440 g/mol. The van der Waals surface area contributed by atoms with E-state index >= 15 is 0 Å². The van der Waals surface area contributed by atoms with Gasteiger partial charge in [0.15, 0.2) is 16.1 Å². The molecule has 0 radical (unpaired) electrons. The third kappa shape index (κ3) is 5.35. The Hall–Kier alpha value is -3.17. The van der Waals surface area contributed by atoms with E-state index in [1.54, 1.807) is 11.3 Å². The van der Waals surface area contributed by atoms with Crippen molar-refractivity contribution in [1.29, 1.82) is 0 Å². The second kappa shape index (κ2) is 9.97. The number of amides is 1. The van der Waals surface area contributed by atoms with Crippen molar-refractivity contribution < 1.29 is 4.79 Å². The van der Waals surface area contributed by atoms with E-state index in [0.29, 0.717) is 11.7 Å². The molecule has 9 heteroatoms. The fourth-order valence-corrected chi connectivity index (χ4v) is 4.47. The second-order valence-corrected chi connectivity index (χ2v) is 9.15. The van der Waals surface area contributed by atoms with Gasteiger partial charge in [-0.2, -0.15) is 0 Å². The lowest BCUT2D eigenvalue weighted by molar-refractivity contribution is -0.113. The summed E-state index contributed by atoms with van der Waals surface area (Å²) in [5.74, 6) is 0.967. The molecular formula is C23H24N6OS2. The van der Waals surface area contributed by atoms with Crippen molar-refractivity contribution in [2.75, 3.05) is 16.4 Å². The van der Waals surface area contributed by atoms with Crippen LogP contribution in [-0.2, 0) is 18.4 Å². The summed E-state index contributed by atoms with van der Waals surface area (Å²) in [4.78, 5) is 17.0. The molecule has 0 aliphatic rings. The number of aryl methyl sites for hydroxylation is 2. The number of thiazole rings is 1. The van der Waals surface area contributed by atoms with Crippen molar-refractivity contribution >= 4 is 39.8 Å². The van der Waals surface area contributed by atoms with Crippen LogP contribution in [0.1, 0.15) is 17.0 Å². The minimum atomic E-state index is -0.0721. The van der Waals surface area contributed by atoms with Gasteiger partial charge in [-0.3, -0.25) is 4.79 Å². The van der Waals surface area contributed by atoms with Crippen molar-refractivity contribution in [1.82, 2.24) is 19.7 Å². The molecule has 0 saturated carbocycles. The maximum absolute atomic E-state index is 12.3. The lowest BCUT2D eigenvalue weighted by Gasteiger charge is -2.08. The second-order valence-electron chi connectivity index (χ2n) is 7.35. The molecule has 164 valence electrons. The van der Waals surface area contributed by atoms with Gasteiger partial charge in [-0.05, 0) is 37.1 Å². The highest BCUT2D eigenvalue weighted by atomic mass is 32.2. The Kier molecular flexibility index (Phi) is 6.87. The number of rotatable bonds is 8. The third-order valence-corrected chi connectivity index (χ3v) is 6.84. The molecule has 0 bridgehead atoms. The first-order valence-corrected chi connectivity index (χ1v) is 12.0. The molecule has 0 aliphatic heterocycles. The van der Waals surface area contributed by atoms with Crippen molar-refractivity contribution in [3.63, 3.8) is 0 Å². The first kappa shape index (κ1) is 22.0. The largest absolute Gasteiger partial charge is 0.354 e. The number of aromatic nitrogens is 4. The van der Waals surface area contributed by atoms with Gasteiger partial charge in [-0.1, -0.05) is 48.2 Å². The number of nitrogens with zero attached hydrogens (tertiary/aromatic N) is 4. The Labute approximate surface area is 195 Å². The average Bonchev–Trinajstić information content (AvgIpc) is 3.41. The maximum Gasteiger partial charge on any atom is 0.234 e. The Bertz CT molecular complexity index is 1220. The SMILES string of the molecule is Cc1ccc(NC(=O)CSc2nnc(CNc3nc(-c4ccccc4)cs3)n2C)cc1C. The first-order chi connectivity index (χ1) is 15.5. The maximum atomic E-state index is 12.3. The molecule has 0 unspecified atom stereocenters. The number of benzene rings is 2. The molecule has 0 fully saturated rings. The van der Waals surface area contributed by atoms with Gasteiger partial charge in [0.25, 0.3) is 0 Å². The standard InChI is InChI=1S/C23H24N6OS2/c1-15-9-10-18(11-16(15)2)25-21(30)14-32-23-28-27-20(29(23)3)12-24-22-26-19(13-31-22)17-7-5-4-6-8-17/h4-11,13H,12,14H2,1-3H3,(H,24,26)(H,25,30). The van der Waals surface area contributed by atoms with Crippen LogP contribution in [0, 0.1) is 13.8 Å². The molecule has 2 heterocycles. The summed E-state index contributed by atoms with van der Waals surface area (Å²) in [6.07, 6.45) is 0. The molecule has 2 aromatic carbocycles. The van der Waals surface area contributed by atoms with Gasteiger partial charge >= 0.3 is 0 Å². The zero-order valence-electron chi connectivity index (χ0n) is 18.1. The van der Waals surface area contributed by atoms with E-state index in [9.17, 15) is 4.79 Å². The molecule has 0 aliphatic carbocycles. The van der Waals surface area contributed by atoms with Gasteiger partial charge in [0.2, 0.25) is 5.91 Å². The number of hydrogen-bond acceptors (Lipinski definition) is 7. The van der Waals surface area contributed by atoms with Gasteiger partial charge in [0.1, 0.15) is 0 Å². The van der Waals surface area contributed by atoms with Gasteiger partial charge in [0, 0.05) is 23.7 Å². The van der Waals surface area contributed by atoms with Crippen LogP contribution in [-0.4, -0.2) is 31.4 Å². The zero-order chi connectivity index (χ0) is 22.5. The van der Waals surface area contributed by atoms with Crippen molar-refractivity contribution in [2.24, 2.45) is 7.05 Å². The van der Waals surface area contributed by atoms with Crippen LogP contribution >= 0.6 is 23.1 Å². The molecule has 0 saturated heterocycles. The van der Waals surface area contributed by atoms with Gasteiger partial charge in [-0.15, -0.1) is 21.5 Å². The van der Waals surface area contributed by atoms with E-state index < -0.39 is 0 Å². The summed E-state index contributed by atoms with van der Waals surface area (Å²) in [5, 5.41) is 18.3. The van der Waals surface area contributed by atoms with Crippen LogP contribution in [0.25, 0.3) is 11.3 Å². The van der Waals surface area contributed by atoms with E-state index in [4.69, 9.17) is 0 Å². The van der Waals surface area contributed by atoms with Crippen LogP contribution < -0.4 is 10.6 Å². The van der Waals surface area contributed by atoms with Crippen molar-refractivity contribution in [3.05, 3.63) is 70.9 Å². The lowest BCUT2D eigenvalue weighted by atomic mass is 10.1. The molecule has 1 amide bonds. The minimum absolute atomic E-state index is 0.0721. The molecule has 0 atom stereocenters. The van der Waals surface area contributed by atoms with Gasteiger partial charge in [0.05, 0.1) is 18.0 Å². The zero-order valence-corrected chi connectivity index (χ0v) is 19.8. The van der Waals surface area contributed by atoms with Crippen molar-refractivity contribution in [3.8, 4) is 11.3 Å².